The van der Waals surface area contributed by atoms with Crippen LogP contribution in [0.25, 0.3) is 0 Å². The van der Waals surface area contributed by atoms with Crippen molar-refractivity contribution in [1.82, 2.24) is 10.4 Å². The molecule has 4 nitrogen and oxygen atoms in total. The van der Waals surface area contributed by atoms with Gasteiger partial charge in [-0.25, -0.2) is 10.0 Å². The number of aliphatic imine (C=N–C) groups is 2. The summed E-state index contributed by atoms with van der Waals surface area (Å²) in [5.41, 5.74) is 10.1. The molecule has 3 rings (SSSR count). The molecule has 0 aliphatic carbocycles. The summed E-state index contributed by atoms with van der Waals surface area (Å²) in [5, 5.41) is 2.20. The fraction of sp³-hybridized carbons (Fsp3) is 0.385. The first-order chi connectivity index (χ1) is 14.4. The Morgan fingerprint density at radius 3 is 2.00 bits per heavy atom. The second kappa shape index (κ2) is 12.1. The molecule has 4 heteroatoms. The van der Waals surface area contributed by atoms with Crippen LogP contribution in [0.1, 0.15) is 48.4 Å². The molecule has 0 unspecified atom stereocenters. The first kappa shape index (κ1) is 23.6. The van der Waals surface area contributed by atoms with Crippen molar-refractivity contribution in [1.29, 1.82) is 0 Å². The number of hydrogen-bond donors (Lipinski definition) is 1. The molecule has 1 aliphatic rings. The highest BCUT2D eigenvalue weighted by atomic mass is 15.5. The molecule has 0 aromatic heterocycles. The maximum Gasteiger partial charge on any atom is 0.171 e. The van der Waals surface area contributed by atoms with Crippen molar-refractivity contribution in [3.05, 3.63) is 83.1 Å². The summed E-state index contributed by atoms with van der Waals surface area (Å²) in [7, 11) is 1.76. The third kappa shape index (κ3) is 7.60. The van der Waals surface area contributed by atoms with Gasteiger partial charge in [-0.05, 0) is 51.7 Å². The highest BCUT2D eigenvalue weighted by molar-refractivity contribution is 6.11. The van der Waals surface area contributed by atoms with Gasteiger partial charge in [-0.3, -0.25) is 4.99 Å². The van der Waals surface area contributed by atoms with Crippen molar-refractivity contribution in [2.45, 2.75) is 47.0 Å². The molecule has 1 N–H and O–H groups in total. The van der Waals surface area contributed by atoms with Crippen LogP contribution in [-0.2, 0) is 0 Å². The van der Waals surface area contributed by atoms with Crippen molar-refractivity contribution in [2.75, 3.05) is 20.1 Å². The molecule has 2 aromatic carbocycles. The average molecular weight is 405 g/mol. The Kier molecular flexibility index (Phi) is 9.49. The zero-order valence-electron chi connectivity index (χ0n) is 19.2. The molecule has 0 radical (unpaired) electrons. The molecule has 0 amide bonds. The summed E-state index contributed by atoms with van der Waals surface area (Å²) in [6.07, 6.45) is 3.76. The summed E-state index contributed by atoms with van der Waals surface area (Å²) >= 11 is 0. The molecular formula is C26H36N4. The molecule has 1 aliphatic heterocycles. The zero-order valence-corrected chi connectivity index (χ0v) is 19.2. The van der Waals surface area contributed by atoms with E-state index in [0.717, 1.165) is 30.1 Å². The summed E-state index contributed by atoms with van der Waals surface area (Å²) in [4.78, 5) is 8.96. The molecule has 0 bridgehead atoms. The molecule has 1 heterocycles. The van der Waals surface area contributed by atoms with Crippen LogP contribution in [0.5, 0.6) is 0 Å². The topological polar surface area (TPSA) is 40.0 Å². The summed E-state index contributed by atoms with van der Waals surface area (Å²) < 4.78 is 0. The molecule has 2 aromatic rings. The van der Waals surface area contributed by atoms with Crippen molar-refractivity contribution in [3.8, 4) is 0 Å². The third-order valence-electron chi connectivity index (χ3n) is 5.16. The fourth-order valence-electron chi connectivity index (χ4n) is 3.33. The van der Waals surface area contributed by atoms with Crippen LogP contribution in [0.4, 0.5) is 0 Å². The van der Waals surface area contributed by atoms with Crippen LogP contribution < -0.4 is 5.43 Å². The number of nitrogens with one attached hydrogen (secondary N) is 1. The van der Waals surface area contributed by atoms with Gasteiger partial charge < -0.3 is 5.43 Å². The molecule has 30 heavy (non-hydrogen) atoms. The van der Waals surface area contributed by atoms with Gasteiger partial charge in [0, 0.05) is 25.8 Å². The molecule has 160 valence electrons. The second-order valence-corrected chi connectivity index (χ2v) is 7.85. The third-order valence-corrected chi connectivity index (χ3v) is 5.16. The number of piperidine rings is 1. The Hall–Kier alpha value is -2.72. The standard InChI is InChI=1S/C18H26N4.C8H10/c1-14-10-6-7-11-17(14)15(2)20-18(19-4)16(3)21-22-12-8-5-9-13-22;1-7-3-5-8(2)6-4-7/h6-7,10-11,21H,3,5,8-9,12-13H2,1-2,4H3;3-6H,1-2H3. The number of hydrazine groups is 1. The van der Waals surface area contributed by atoms with Crippen molar-refractivity contribution < 1.29 is 0 Å². The SMILES string of the molecule is C=C(NN1CCCCC1)C(=NC)N=C(C)c1ccccc1C.Cc1ccc(C)cc1. The maximum atomic E-state index is 4.67. The summed E-state index contributed by atoms with van der Waals surface area (Å²) in [6, 6.07) is 16.7. The van der Waals surface area contributed by atoms with E-state index < -0.39 is 0 Å². The van der Waals surface area contributed by atoms with Gasteiger partial charge in [0.2, 0.25) is 0 Å². The van der Waals surface area contributed by atoms with Crippen LogP contribution in [0.2, 0.25) is 0 Å². The van der Waals surface area contributed by atoms with Gasteiger partial charge in [-0.2, -0.15) is 0 Å². The Balaban J connectivity index is 0.000000335. The molecule has 1 saturated heterocycles. The Morgan fingerprint density at radius 2 is 1.47 bits per heavy atom. The minimum atomic E-state index is 0.659. The van der Waals surface area contributed by atoms with E-state index in [4.69, 9.17) is 0 Å². The zero-order chi connectivity index (χ0) is 21.9. The average Bonchev–Trinajstić information content (AvgIpc) is 2.75. The van der Waals surface area contributed by atoms with Crippen molar-refractivity contribution >= 4 is 11.5 Å². The molecule has 1 fully saturated rings. The van der Waals surface area contributed by atoms with Crippen LogP contribution in [0.15, 0.2) is 70.8 Å². The highest BCUT2D eigenvalue weighted by Crippen LogP contribution is 2.11. The Labute approximate surface area is 182 Å². The van der Waals surface area contributed by atoms with E-state index >= 15 is 0 Å². The van der Waals surface area contributed by atoms with E-state index in [1.165, 1.54) is 36.0 Å². The summed E-state index contributed by atoms with van der Waals surface area (Å²) in [6.45, 7) is 14.5. The molecule has 0 spiro atoms. The lowest BCUT2D eigenvalue weighted by Gasteiger charge is -2.28. The van der Waals surface area contributed by atoms with E-state index in [1.54, 1.807) is 7.05 Å². The number of aryl methyl sites for hydroxylation is 3. The second-order valence-electron chi connectivity index (χ2n) is 7.85. The largest absolute Gasteiger partial charge is 0.316 e. The van der Waals surface area contributed by atoms with Gasteiger partial charge in [0.1, 0.15) is 0 Å². The van der Waals surface area contributed by atoms with Gasteiger partial charge in [0.25, 0.3) is 0 Å². The van der Waals surface area contributed by atoms with Crippen molar-refractivity contribution in [2.24, 2.45) is 9.98 Å². The number of benzene rings is 2. The van der Waals surface area contributed by atoms with E-state index in [2.05, 4.69) is 84.2 Å². The number of amidine groups is 1. The summed E-state index contributed by atoms with van der Waals surface area (Å²) in [5.74, 6) is 0.659. The van der Waals surface area contributed by atoms with Crippen LogP contribution >= 0.6 is 0 Å². The predicted molar refractivity (Wildman–Crippen MR) is 130 cm³/mol. The van der Waals surface area contributed by atoms with Crippen LogP contribution in [0, 0.1) is 20.8 Å². The lowest BCUT2D eigenvalue weighted by Crippen LogP contribution is -2.42. The maximum absolute atomic E-state index is 4.67. The fourth-order valence-corrected chi connectivity index (χ4v) is 3.33. The minimum Gasteiger partial charge on any atom is -0.316 e. The lowest BCUT2D eigenvalue weighted by atomic mass is 10.1. The quantitative estimate of drug-likeness (QED) is 0.529. The minimum absolute atomic E-state index is 0.659. The Morgan fingerprint density at radius 1 is 0.900 bits per heavy atom. The van der Waals surface area contributed by atoms with Gasteiger partial charge in [0.15, 0.2) is 5.84 Å². The monoisotopic (exact) mass is 404 g/mol. The number of hydrogen-bond acceptors (Lipinski definition) is 3. The number of nitrogens with zero attached hydrogens (tertiary/aromatic N) is 3. The normalized spacial score (nSPS) is 15.2. The van der Waals surface area contributed by atoms with Crippen molar-refractivity contribution in [3.63, 3.8) is 0 Å². The van der Waals surface area contributed by atoms with E-state index in [0.29, 0.717) is 5.84 Å². The van der Waals surface area contributed by atoms with Crippen LogP contribution in [-0.4, -0.2) is 36.7 Å². The van der Waals surface area contributed by atoms with E-state index in [-0.39, 0.29) is 0 Å². The van der Waals surface area contributed by atoms with Gasteiger partial charge >= 0.3 is 0 Å². The van der Waals surface area contributed by atoms with Gasteiger partial charge in [-0.15, -0.1) is 0 Å². The lowest BCUT2D eigenvalue weighted by molar-refractivity contribution is 0.179. The first-order valence-electron chi connectivity index (χ1n) is 10.7. The number of rotatable bonds is 4. The first-order valence-corrected chi connectivity index (χ1v) is 10.7. The Bertz CT molecular complexity index is 851. The van der Waals surface area contributed by atoms with Crippen LogP contribution in [0.3, 0.4) is 0 Å². The predicted octanol–water partition coefficient (Wildman–Crippen LogP) is 5.64. The van der Waals surface area contributed by atoms with Gasteiger partial charge in [-0.1, -0.05) is 72.7 Å². The van der Waals surface area contributed by atoms with E-state index in [1.807, 2.05) is 19.1 Å². The van der Waals surface area contributed by atoms with E-state index in [9.17, 15) is 0 Å². The smallest absolute Gasteiger partial charge is 0.171 e. The van der Waals surface area contributed by atoms with Gasteiger partial charge in [0.05, 0.1) is 5.70 Å². The molecule has 0 atom stereocenters. The molecular weight excluding hydrogens is 368 g/mol. The molecule has 0 saturated carbocycles. The highest BCUT2D eigenvalue weighted by Gasteiger charge is 2.13.